The fourth-order valence-electron chi connectivity index (χ4n) is 1.47. The standard InChI is InChI=1S/C12H16F6N4OS/c1-19-10(20-3-2-4-23-7-11(13,14)15)21-5-9-22-8(6-24-9)12(16,17)18/h6H,2-5,7H2,1H3,(H2,19,20,21). The number of ether oxygens (including phenoxy) is 1. The average Bonchev–Trinajstić information content (AvgIpc) is 2.93. The average molecular weight is 378 g/mol. The molecule has 0 atom stereocenters. The first-order valence-corrected chi connectivity index (χ1v) is 7.60. The van der Waals surface area contributed by atoms with Crippen LogP contribution in [0.25, 0.3) is 0 Å². The van der Waals surface area contributed by atoms with E-state index in [-0.39, 0.29) is 18.2 Å². The number of nitrogens with one attached hydrogen (secondary N) is 2. The Balaban J connectivity index is 2.25. The molecule has 0 aliphatic carbocycles. The van der Waals surface area contributed by atoms with Gasteiger partial charge in [0, 0.05) is 25.6 Å². The lowest BCUT2D eigenvalue weighted by atomic mass is 10.4. The molecule has 0 saturated carbocycles. The molecule has 5 nitrogen and oxygen atoms in total. The Morgan fingerprint density at radius 3 is 2.50 bits per heavy atom. The largest absolute Gasteiger partial charge is 0.434 e. The van der Waals surface area contributed by atoms with E-state index in [1.54, 1.807) is 0 Å². The Bertz CT molecular complexity index is 528. The minimum atomic E-state index is -4.48. The van der Waals surface area contributed by atoms with Gasteiger partial charge in [0.05, 0.1) is 6.54 Å². The van der Waals surface area contributed by atoms with Crippen molar-refractivity contribution in [1.29, 1.82) is 0 Å². The van der Waals surface area contributed by atoms with Gasteiger partial charge >= 0.3 is 12.4 Å². The van der Waals surface area contributed by atoms with E-state index in [9.17, 15) is 26.3 Å². The SMILES string of the molecule is CN=C(NCCCOCC(F)(F)F)NCc1nc(C(F)(F)F)cs1. The number of aliphatic imine (C=N–C) groups is 1. The van der Waals surface area contributed by atoms with Crippen LogP contribution in [0, 0.1) is 0 Å². The van der Waals surface area contributed by atoms with Crippen molar-refractivity contribution in [2.75, 3.05) is 26.8 Å². The van der Waals surface area contributed by atoms with Gasteiger partial charge in [-0.3, -0.25) is 4.99 Å². The van der Waals surface area contributed by atoms with Crippen LogP contribution in [0.5, 0.6) is 0 Å². The van der Waals surface area contributed by atoms with Gasteiger partial charge in [0.15, 0.2) is 11.7 Å². The number of alkyl halides is 6. The van der Waals surface area contributed by atoms with E-state index >= 15 is 0 Å². The van der Waals surface area contributed by atoms with Crippen LogP contribution < -0.4 is 10.6 Å². The first-order valence-electron chi connectivity index (χ1n) is 6.72. The van der Waals surface area contributed by atoms with Gasteiger partial charge in [0.1, 0.15) is 11.6 Å². The van der Waals surface area contributed by atoms with Gasteiger partial charge in [-0.05, 0) is 6.42 Å². The topological polar surface area (TPSA) is 58.5 Å². The van der Waals surface area contributed by atoms with Gasteiger partial charge in [-0.25, -0.2) is 4.98 Å². The Kier molecular flexibility index (Phi) is 7.73. The van der Waals surface area contributed by atoms with Crippen molar-refractivity contribution in [2.45, 2.75) is 25.3 Å². The maximum Gasteiger partial charge on any atom is 0.434 e. The molecule has 2 N–H and O–H groups in total. The molecule has 0 spiro atoms. The molecular formula is C12H16F6N4OS. The summed E-state index contributed by atoms with van der Waals surface area (Å²) in [5.74, 6) is 0.301. The van der Waals surface area contributed by atoms with Crippen molar-refractivity contribution in [2.24, 2.45) is 4.99 Å². The van der Waals surface area contributed by atoms with Crippen LogP contribution in [0.15, 0.2) is 10.4 Å². The zero-order valence-electron chi connectivity index (χ0n) is 12.6. The second-order valence-electron chi connectivity index (χ2n) is 4.50. The zero-order valence-corrected chi connectivity index (χ0v) is 13.4. The molecule has 1 heterocycles. The summed E-state index contributed by atoms with van der Waals surface area (Å²) in [5.41, 5.74) is -0.950. The van der Waals surface area contributed by atoms with Gasteiger partial charge in [-0.2, -0.15) is 26.3 Å². The summed E-state index contributed by atoms with van der Waals surface area (Å²) in [4.78, 5) is 7.30. The first-order chi connectivity index (χ1) is 11.1. The minimum absolute atomic E-state index is 0.0466. The molecule has 0 saturated heterocycles. The van der Waals surface area contributed by atoms with Crippen LogP contribution in [0.4, 0.5) is 26.3 Å². The van der Waals surface area contributed by atoms with Crippen molar-refractivity contribution in [3.8, 4) is 0 Å². The van der Waals surface area contributed by atoms with E-state index in [0.717, 1.165) is 16.7 Å². The van der Waals surface area contributed by atoms with Crippen molar-refractivity contribution >= 4 is 17.3 Å². The van der Waals surface area contributed by atoms with Crippen LogP contribution >= 0.6 is 11.3 Å². The number of hydrogen-bond donors (Lipinski definition) is 2. The summed E-state index contributed by atoms with van der Waals surface area (Å²) in [5, 5.41) is 6.73. The number of rotatable bonds is 7. The molecule has 12 heteroatoms. The third-order valence-electron chi connectivity index (χ3n) is 2.50. The summed E-state index contributed by atoms with van der Waals surface area (Å²) in [6, 6.07) is 0. The maximum absolute atomic E-state index is 12.4. The van der Waals surface area contributed by atoms with E-state index in [4.69, 9.17) is 0 Å². The van der Waals surface area contributed by atoms with Gasteiger partial charge in [0.25, 0.3) is 0 Å². The fraction of sp³-hybridized carbons (Fsp3) is 0.667. The molecule has 0 radical (unpaired) electrons. The lowest BCUT2D eigenvalue weighted by Gasteiger charge is -2.11. The van der Waals surface area contributed by atoms with Gasteiger partial charge in [0.2, 0.25) is 0 Å². The predicted molar refractivity (Wildman–Crippen MR) is 76.8 cm³/mol. The molecule has 138 valence electrons. The van der Waals surface area contributed by atoms with E-state index < -0.39 is 24.7 Å². The molecule has 24 heavy (non-hydrogen) atoms. The summed E-state index contributed by atoms with van der Waals surface area (Å²) < 4.78 is 77.2. The van der Waals surface area contributed by atoms with Crippen molar-refractivity contribution in [1.82, 2.24) is 15.6 Å². The van der Waals surface area contributed by atoms with Gasteiger partial charge < -0.3 is 15.4 Å². The van der Waals surface area contributed by atoms with Gasteiger partial charge in [-0.1, -0.05) is 0 Å². The second-order valence-corrected chi connectivity index (χ2v) is 5.44. The molecule has 0 aliphatic heterocycles. The first kappa shape index (κ1) is 20.5. The molecule has 1 aromatic rings. The maximum atomic E-state index is 12.4. The van der Waals surface area contributed by atoms with E-state index in [1.807, 2.05) is 0 Å². The third-order valence-corrected chi connectivity index (χ3v) is 3.35. The van der Waals surface area contributed by atoms with E-state index in [2.05, 4.69) is 25.3 Å². The highest BCUT2D eigenvalue weighted by atomic mass is 32.1. The normalized spacial score (nSPS) is 13.2. The van der Waals surface area contributed by atoms with Crippen molar-refractivity contribution in [3.63, 3.8) is 0 Å². The highest BCUT2D eigenvalue weighted by Crippen LogP contribution is 2.29. The Morgan fingerprint density at radius 2 is 1.96 bits per heavy atom. The monoisotopic (exact) mass is 378 g/mol. The number of hydrogen-bond acceptors (Lipinski definition) is 4. The fourth-order valence-corrected chi connectivity index (χ4v) is 2.21. The van der Waals surface area contributed by atoms with E-state index in [0.29, 0.717) is 18.9 Å². The highest BCUT2D eigenvalue weighted by molar-refractivity contribution is 7.09. The van der Waals surface area contributed by atoms with Crippen molar-refractivity contribution < 1.29 is 31.1 Å². The molecule has 0 unspecified atom stereocenters. The molecule has 0 aromatic carbocycles. The number of nitrogens with zero attached hydrogens (tertiary/aromatic N) is 2. The minimum Gasteiger partial charge on any atom is -0.372 e. The van der Waals surface area contributed by atoms with Crippen LogP contribution in [0.2, 0.25) is 0 Å². The Morgan fingerprint density at radius 1 is 1.25 bits per heavy atom. The summed E-state index contributed by atoms with van der Waals surface area (Å²) >= 11 is 0.863. The molecule has 0 fully saturated rings. The summed E-state index contributed by atoms with van der Waals surface area (Å²) in [6.45, 7) is -1.04. The molecule has 1 rings (SSSR count). The lowest BCUT2D eigenvalue weighted by Crippen LogP contribution is -2.37. The molecule has 1 aromatic heterocycles. The van der Waals surface area contributed by atoms with Crippen LogP contribution in [0.1, 0.15) is 17.1 Å². The third kappa shape index (κ3) is 8.34. The second kappa shape index (κ2) is 9.06. The molecule has 0 bridgehead atoms. The highest BCUT2D eigenvalue weighted by Gasteiger charge is 2.33. The number of aromatic nitrogens is 1. The van der Waals surface area contributed by atoms with Crippen LogP contribution in [-0.2, 0) is 17.5 Å². The van der Waals surface area contributed by atoms with Crippen LogP contribution in [-0.4, -0.2) is 43.9 Å². The Labute approximate surface area is 138 Å². The number of halogens is 6. The van der Waals surface area contributed by atoms with E-state index in [1.165, 1.54) is 7.05 Å². The summed E-state index contributed by atoms with van der Waals surface area (Å²) in [6.07, 6.45) is -8.52. The Hall–Kier alpha value is -1.56. The molecule has 0 aliphatic rings. The summed E-state index contributed by atoms with van der Waals surface area (Å²) in [7, 11) is 1.46. The number of guanidine groups is 1. The zero-order chi connectivity index (χ0) is 18.2. The number of thiazole rings is 1. The predicted octanol–water partition coefficient (Wildman–Crippen LogP) is 2.80. The quantitative estimate of drug-likeness (QED) is 0.332. The lowest BCUT2D eigenvalue weighted by molar-refractivity contribution is -0.173. The molecule has 0 amide bonds. The van der Waals surface area contributed by atoms with Crippen LogP contribution in [0.3, 0.4) is 0 Å². The molecular weight excluding hydrogens is 362 g/mol. The smallest absolute Gasteiger partial charge is 0.372 e. The van der Waals surface area contributed by atoms with Crippen molar-refractivity contribution in [3.05, 3.63) is 16.1 Å². The van der Waals surface area contributed by atoms with Gasteiger partial charge in [-0.15, -0.1) is 11.3 Å².